The molecule has 3 rings (SSSR count). The standard InChI is InChI=1S/C18H21ClFN3O/c1-13-6-16(22-12-21-13)7-15-10-23(4-5-24-11-15)9-14-2-3-17(19)18(20)8-14/h2-3,6,8,12,15H,4-5,7,9-11H2,1H3/t15-/m1/s1. The van der Waals surface area contributed by atoms with Gasteiger partial charge in [0, 0.05) is 36.9 Å². The fraction of sp³-hybridized carbons (Fsp3) is 0.444. The summed E-state index contributed by atoms with van der Waals surface area (Å²) in [7, 11) is 0. The highest BCUT2D eigenvalue weighted by molar-refractivity contribution is 6.30. The topological polar surface area (TPSA) is 38.2 Å². The Morgan fingerprint density at radius 3 is 3.00 bits per heavy atom. The van der Waals surface area contributed by atoms with Gasteiger partial charge in [-0.1, -0.05) is 17.7 Å². The summed E-state index contributed by atoms with van der Waals surface area (Å²) < 4.78 is 19.4. The molecule has 0 spiro atoms. The van der Waals surface area contributed by atoms with Gasteiger partial charge in [-0.3, -0.25) is 4.90 Å². The fourth-order valence-electron chi connectivity index (χ4n) is 3.03. The summed E-state index contributed by atoms with van der Waals surface area (Å²) >= 11 is 5.76. The van der Waals surface area contributed by atoms with Crippen LogP contribution in [-0.4, -0.2) is 41.2 Å². The number of ether oxygens (including phenoxy) is 1. The quantitative estimate of drug-likeness (QED) is 0.849. The van der Waals surface area contributed by atoms with E-state index in [1.165, 1.54) is 6.07 Å². The Labute approximate surface area is 146 Å². The van der Waals surface area contributed by atoms with Crippen molar-refractivity contribution in [1.82, 2.24) is 14.9 Å². The molecule has 1 saturated heterocycles. The van der Waals surface area contributed by atoms with Crippen molar-refractivity contribution in [3.63, 3.8) is 0 Å². The molecule has 0 aliphatic carbocycles. The van der Waals surface area contributed by atoms with E-state index in [2.05, 4.69) is 14.9 Å². The molecule has 1 aliphatic heterocycles. The Kier molecular flexibility index (Phi) is 5.76. The van der Waals surface area contributed by atoms with Crippen LogP contribution in [-0.2, 0) is 17.7 Å². The lowest BCUT2D eigenvalue weighted by atomic mass is 10.0. The van der Waals surface area contributed by atoms with Crippen molar-refractivity contribution in [2.24, 2.45) is 5.92 Å². The lowest BCUT2D eigenvalue weighted by Crippen LogP contribution is -2.30. The lowest BCUT2D eigenvalue weighted by Gasteiger charge is -2.23. The third-order valence-electron chi connectivity index (χ3n) is 4.17. The number of rotatable bonds is 4. The summed E-state index contributed by atoms with van der Waals surface area (Å²) in [6, 6.07) is 7.02. The molecule has 4 nitrogen and oxygen atoms in total. The Hall–Kier alpha value is -1.56. The molecule has 0 bridgehead atoms. The molecule has 2 heterocycles. The van der Waals surface area contributed by atoms with Crippen LogP contribution in [0.1, 0.15) is 17.0 Å². The minimum Gasteiger partial charge on any atom is -0.380 e. The molecule has 1 atom stereocenters. The minimum atomic E-state index is -0.367. The number of hydrogen-bond donors (Lipinski definition) is 0. The Balaban J connectivity index is 1.64. The first kappa shape index (κ1) is 17.3. The third kappa shape index (κ3) is 4.72. The predicted octanol–water partition coefficient (Wildman–Crippen LogP) is 3.27. The summed E-state index contributed by atoms with van der Waals surface area (Å²) in [5.74, 6) is -0.00723. The zero-order chi connectivity index (χ0) is 16.9. The van der Waals surface area contributed by atoms with Crippen LogP contribution in [0.2, 0.25) is 5.02 Å². The van der Waals surface area contributed by atoms with Gasteiger partial charge in [-0.15, -0.1) is 0 Å². The van der Waals surface area contributed by atoms with Crippen molar-refractivity contribution in [3.05, 3.63) is 58.4 Å². The van der Waals surface area contributed by atoms with Gasteiger partial charge in [-0.2, -0.15) is 0 Å². The maximum atomic E-state index is 13.6. The molecule has 24 heavy (non-hydrogen) atoms. The van der Waals surface area contributed by atoms with E-state index in [-0.39, 0.29) is 10.8 Å². The molecule has 0 radical (unpaired) electrons. The fourth-order valence-corrected chi connectivity index (χ4v) is 3.15. The van der Waals surface area contributed by atoms with E-state index in [4.69, 9.17) is 16.3 Å². The molecule has 6 heteroatoms. The summed E-state index contributed by atoms with van der Waals surface area (Å²) in [6.07, 6.45) is 2.46. The maximum Gasteiger partial charge on any atom is 0.142 e. The van der Waals surface area contributed by atoms with Crippen molar-refractivity contribution in [2.75, 3.05) is 26.3 Å². The molecule has 0 unspecified atom stereocenters. The number of aromatic nitrogens is 2. The normalized spacial score (nSPS) is 19.2. The second kappa shape index (κ2) is 8.01. The van der Waals surface area contributed by atoms with Crippen molar-refractivity contribution in [2.45, 2.75) is 19.9 Å². The minimum absolute atomic E-state index is 0.162. The first-order valence-electron chi connectivity index (χ1n) is 8.11. The number of nitrogens with zero attached hydrogens (tertiary/aromatic N) is 3. The molecule has 0 saturated carbocycles. The van der Waals surface area contributed by atoms with Crippen molar-refractivity contribution >= 4 is 11.6 Å². The van der Waals surface area contributed by atoms with E-state index in [1.54, 1.807) is 12.4 Å². The summed E-state index contributed by atoms with van der Waals surface area (Å²) in [4.78, 5) is 10.8. The van der Waals surface area contributed by atoms with Crippen LogP contribution in [0.4, 0.5) is 4.39 Å². The zero-order valence-electron chi connectivity index (χ0n) is 13.7. The molecule has 1 aliphatic rings. The van der Waals surface area contributed by atoms with Crippen LogP contribution in [0.25, 0.3) is 0 Å². The Bertz CT molecular complexity index is 698. The summed E-state index contributed by atoms with van der Waals surface area (Å²) in [5, 5.41) is 0.162. The first-order chi connectivity index (χ1) is 11.6. The van der Waals surface area contributed by atoms with Crippen LogP contribution >= 0.6 is 11.6 Å². The average Bonchev–Trinajstić information content (AvgIpc) is 2.76. The smallest absolute Gasteiger partial charge is 0.142 e. The predicted molar refractivity (Wildman–Crippen MR) is 91.5 cm³/mol. The van der Waals surface area contributed by atoms with Crippen molar-refractivity contribution in [3.8, 4) is 0 Å². The van der Waals surface area contributed by atoms with Crippen LogP contribution in [0.5, 0.6) is 0 Å². The SMILES string of the molecule is Cc1cc(C[C@H]2COCCN(Cc3ccc(Cl)c(F)c3)C2)ncn1. The van der Waals surface area contributed by atoms with E-state index in [0.29, 0.717) is 25.7 Å². The van der Waals surface area contributed by atoms with E-state index in [0.717, 1.165) is 36.5 Å². The molecular formula is C18H21ClFN3O. The van der Waals surface area contributed by atoms with Gasteiger partial charge in [0.15, 0.2) is 0 Å². The number of hydrogen-bond acceptors (Lipinski definition) is 4. The molecule has 2 aromatic rings. The number of benzene rings is 1. The highest BCUT2D eigenvalue weighted by atomic mass is 35.5. The van der Waals surface area contributed by atoms with Crippen LogP contribution in [0, 0.1) is 18.7 Å². The van der Waals surface area contributed by atoms with Gasteiger partial charge in [0.25, 0.3) is 0 Å². The van der Waals surface area contributed by atoms with Gasteiger partial charge in [0.05, 0.1) is 18.2 Å². The first-order valence-corrected chi connectivity index (χ1v) is 8.49. The van der Waals surface area contributed by atoms with E-state index >= 15 is 0 Å². The van der Waals surface area contributed by atoms with Crippen molar-refractivity contribution < 1.29 is 9.13 Å². The molecule has 0 amide bonds. The monoisotopic (exact) mass is 349 g/mol. The van der Waals surface area contributed by atoms with Gasteiger partial charge in [0.1, 0.15) is 12.1 Å². The maximum absolute atomic E-state index is 13.6. The summed E-state index contributed by atoms with van der Waals surface area (Å²) in [5.41, 5.74) is 2.94. The summed E-state index contributed by atoms with van der Waals surface area (Å²) in [6.45, 7) is 5.80. The van der Waals surface area contributed by atoms with Crippen LogP contribution in [0.3, 0.4) is 0 Å². The molecule has 1 aromatic carbocycles. The highest BCUT2D eigenvalue weighted by Crippen LogP contribution is 2.19. The van der Waals surface area contributed by atoms with E-state index < -0.39 is 0 Å². The molecular weight excluding hydrogens is 329 g/mol. The van der Waals surface area contributed by atoms with Crippen molar-refractivity contribution in [1.29, 1.82) is 0 Å². The molecule has 1 aromatic heterocycles. The van der Waals surface area contributed by atoms with E-state index in [9.17, 15) is 4.39 Å². The zero-order valence-corrected chi connectivity index (χ0v) is 14.5. The van der Waals surface area contributed by atoms with Gasteiger partial charge in [-0.05, 0) is 37.1 Å². The molecule has 128 valence electrons. The molecule has 0 N–H and O–H groups in total. The molecule has 1 fully saturated rings. The second-order valence-corrected chi connectivity index (χ2v) is 6.69. The van der Waals surface area contributed by atoms with Crippen LogP contribution < -0.4 is 0 Å². The largest absolute Gasteiger partial charge is 0.380 e. The number of aryl methyl sites for hydroxylation is 1. The Morgan fingerprint density at radius 2 is 2.21 bits per heavy atom. The second-order valence-electron chi connectivity index (χ2n) is 6.28. The van der Waals surface area contributed by atoms with Gasteiger partial charge in [-0.25, -0.2) is 14.4 Å². The highest BCUT2D eigenvalue weighted by Gasteiger charge is 2.20. The van der Waals surface area contributed by atoms with Crippen LogP contribution in [0.15, 0.2) is 30.6 Å². The average molecular weight is 350 g/mol. The van der Waals surface area contributed by atoms with Gasteiger partial charge >= 0.3 is 0 Å². The Morgan fingerprint density at radius 1 is 1.33 bits per heavy atom. The van der Waals surface area contributed by atoms with Gasteiger partial charge < -0.3 is 4.74 Å². The lowest BCUT2D eigenvalue weighted by molar-refractivity contribution is 0.121. The number of halogens is 2. The third-order valence-corrected chi connectivity index (χ3v) is 4.48. The van der Waals surface area contributed by atoms with E-state index in [1.807, 2.05) is 19.1 Å². The van der Waals surface area contributed by atoms with Gasteiger partial charge in [0.2, 0.25) is 0 Å².